The lowest BCUT2D eigenvalue weighted by molar-refractivity contribution is 0.302. The van der Waals surface area contributed by atoms with Crippen LogP contribution in [-0.2, 0) is 13.2 Å². The zero-order valence-corrected chi connectivity index (χ0v) is 11.5. The average Bonchev–Trinajstić information content (AvgIpc) is 2.46. The first-order valence-corrected chi connectivity index (χ1v) is 6.35. The van der Waals surface area contributed by atoms with Crippen LogP contribution in [0.3, 0.4) is 0 Å². The lowest BCUT2D eigenvalue weighted by Crippen LogP contribution is -2.03. The quantitative estimate of drug-likeness (QED) is 0.911. The molecule has 2 N–H and O–H groups in total. The second-order valence-electron chi connectivity index (χ2n) is 4.06. The number of hydrogen-bond donors (Lipinski definition) is 1. The van der Waals surface area contributed by atoms with E-state index in [9.17, 15) is 0 Å². The van der Waals surface area contributed by atoms with E-state index in [-0.39, 0.29) is 0 Å². The number of rotatable bonds is 5. The number of methoxy groups -OCH3 is 1. The van der Waals surface area contributed by atoms with Crippen molar-refractivity contribution in [3.63, 3.8) is 0 Å². The zero-order valence-electron chi connectivity index (χ0n) is 10.7. The molecule has 0 spiro atoms. The summed E-state index contributed by atoms with van der Waals surface area (Å²) in [6.45, 7) is 0.814. The molecule has 0 saturated carbocycles. The van der Waals surface area contributed by atoms with Gasteiger partial charge in [-0.1, -0.05) is 29.8 Å². The summed E-state index contributed by atoms with van der Waals surface area (Å²) in [5, 5.41) is 0.699. The summed E-state index contributed by atoms with van der Waals surface area (Å²) in [7, 11) is 1.62. The maximum atomic E-state index is 6.09. The minimum Gasteiger partial charge on any atom is -0.497 e. The van der Waals surface area contributed by atoms with Gasteiger partial charge in [0.25, 0.3) is 0 Å². The lowest BCUT2D eigenvalue weighted by atomic mass is 10.2. The average molecular weight is 278 g/mol. The van der Waals surface area contributed by atoms with Gasteiger partial charge in [0, 0.05) is 22.7 Å². The van der Waals surface area contributed by atoms with Crippen LogP contribution in [0.5, 0.6) is 11.5 Å². The molecular weight excluding hydrogens is 262 g/mol. The Kier molecular flexibility index (Phi) is 4.66. The molecule has 0 unspecified atom stereocenters. The number of benzene rings is 2. The lowest BCUT2D eigenvalue weighted by Gasteiger charge is -2.12. The monoisotopic (exact) mass is 277 g/mol. The summed E-state index contributed by atoms with van der Waals surface area (Å²) in [4.78, 5) is 0. The third kappa shape index (κ3) is 3.40. The van der Waals surface area contributed by atoms with Crippen LogP contribution in [0.15, 0.2) is 42.5 Å². The normalized spacial score (nSPS) is 10.3. The molecule has 0 bridgehead atoms. The maximum absolute atomic E-state index is 6.09. The minimum atomic E-state index is 0.398. The highest BCUT2D eigenvalue weighted by Crippen LogP contribution is 2.25. The predicted molar refractivity (Wildman–Crippen MR) is 76.7 cm³/mol. The molecular formula is C15H16ClNO2. The van der Waals surface area contributed by atoms with Gasteiger partial charge in [-0.25, -0.2) is 0 Å². The smallest absolute Gasteiger partial charge is 0.124 e. The van der Waals surface area contributed by atoms with Crippen molar-refractivity contribution >= 4 is 11.6 Å². The third-order valence-electron chi connectivity index (χ3n) is 2.83. The zero-order chi connectivity index (χ0) is 13.7. The summed E-state index contributed by atoms with van der Waals surface area (Å²) >= 11 is 6.09. The molecule has 0 aliphatic heterocycles. The highest BCUT2D eigenvalue weighted by Gasteiger charge is 2.06. The van der Waals surface area contributed by atoms with Crippen LogP contribution in [0, 0.1) is 0 Å². The van der Waals surface area contributed by atoms with Crippen LogP contribution in [0.25, 0.3) is 0 Å². The van der Waals surface area contributed by atoms with Crippen molar-refractivity contribution in [2.24, 2.45) is 5.73 Å². The Balaban J connectivity index is 2.13. The van der Waals surface area contributed by atoms with Gasteiger partial charge in [-0.15, -0.1) is 0 Å². The van der Waals surface area contributed by atoms with Crippen molar-refractivity contribution in [2.75, 3.05) is 7.11 Å². The molecule has 2 aromatic rings. The summed E-state index contributed by atoms with van der Waals surface area (Å²) in [6, 6.07) is 13.2. The topological polar surface area (TPSA) is 44.5 Å². The van der Waals surface area contributed by atoms with Crippen molar-refractivity contribution < 1.29 is 9.47 Å². The van der Waals surface area contributed by atoms with E-state index < -0.39 is 0 Å². The molecule has 2 rings (SSSR count). The maximum Gasteiger partial charge on any atom is 0.124 e. The van der Waals surface area contributed by atoms with Gasteiger partial charge in [-0.3, -0.25) is 0 Å². The molecule has 0 aliphatic carbocycles. The van der Waals surface area contributed by atoms with Gasteiger partial charge in [0.15, 0.2) is 0 Å². The van der Waals surface area contributed by atoms with Crippen LogP contribution in [0.1, 0.15) is 11.1 Å². The van der Waals surface area contributed by atoms with E-state index in [1.54, 1.807) is 7.11 Å². The summed E-state index contributed by atoms with van der Waals surface area (Å²) in [5.41, 5.74) is 7.57. The van der Waals surface area contributed by atoms with Gasteiger partial charge in [-0.05, 0) is 24.3 Å². The Morgan fingerprint density at radius 2 is 1.89 bits per heavy atom. The summed E-state index contributed by atoms with van der Waals surface area (Å²) in [6.07, 6.45) is 0. The molecule has 0 amide bonds. The Morgan fingerprint density at radius 1 is 1.11 bits per heavy atom. The second kappa shape index (κ2) is 6.45. The van der Waals surface area contributed by atoms with Gasteiger partial charge in [-0.2, -0.15) is 0 Å². The molecule has 3 nitrogen and oxygen atoms in total. The first-order valence-electron chi connectivity index (χ1n) is 5.97. The van der Waals surface area contributed by atoms with E-state index >= 15 is 0 Å². The van der Waals surface area contributed by atoms with Gasteiger partial charge >= 0.3 is 0 Å². The van der Waals surface area contributed by atoms with Gasteiger partial charge in [0.1, 0.15) is 18.1 Å². The van der Waals surface area contributed by atoms with Crippen LogP contribution in [0.2, 0.25) is 5.02 Å². The third-order valence-corrected chi connectivity index (χ3v) is 3.20. The fourth-order valence-corrected chi connectivity index (χ4v) is 1.94. The second-order valence-corrected chi connectivity index (χ2v) is 4.47. The Bertz CT molecular complexity index is 558. The van der Waals surface area contributed by atoms with E-state index in [1.165, 1.54) is 0 Å². The van der Waals surface area contributed by atoms with Crippen molar-refractivity contribution in [1.29, 1.82) is 0 Å². The van der Waals surface area contributed by atoms with Crippen LogP contribution >= 0.6 is 11.6 Å². The molecule has 0 aliphatic rings. The molecule has 0 fully saturated rings. The SMILES string of the molecule is COc1ccc(OCc2ccccc2Cl)c(CN)c1. The Labute approximate surface area is 117 Å². The summed E-state index contributed by atoms with van der Waals surface area (Å²) < 4.78 is 10.9. The van der Waals surface area contributed by atoms with Crippen LogP contribution in [-0.4, -0.2) is 7.11 Å². The molecule has 4 heteroatoms. The molecule has 0 saturated heterocycles. The fraction of sp³-hybridized carbons (Fsp3) is 0.200. The highest BCUT2D eigenvalue weighted by molar-refractivity contribution is 6.31. The van der Waals surface area contributed by atoms with Crippen LogP contribution < -0.4 is 15.2 Å². The molecule has 0 atom stereocenters. The van der Waals surface area contributed by atoms with Gasteiger partial charge in [0.05, 0.1) is 7.11 Å². The highest BCUT2D eigenvalue weighted by atomic mass is 35.5. The van der Waals surface area contributed by atoms with E-state index in [0.29, 0.717) is 18.2 Å². The van der Waals surface area contributed by atoms with Crippen molar-refractivity contribution in [2.45, 2.75) is 13.2 Å². The molecule has 0 heterocycles. The molecule has 100 valence electrons. The molecule has 0 aromatic heterocycles. The Morgan fingerprint density at radius 3 is 2.58 bits per heavy atom. The standard InChI is InChI=1S/C15H16ClNO2/c1-18-13-6-7-15(12(8-13)9-17)19-10-11-4-2-3-5-14(11)16/h2-8H,9-10,17H2,1H3. The molecule has 0 radical (unpaired) electrons. The fourth-order valence-electron chi connectivity index (χ4n) is 1.75. The number of halogens is 1. The Hall–Kier alpha value is -1.71. The van der Waals surface area contributed by atoms with E-state index in [1.807, 2.05) is 42.5 Å². The van der Waals surface area contributed by atoms with E-state index in [2.05, 4.69) is 0 Å². The van der Waals surface area contributed by atoms with E-state index in [0.717, 1.165) is 22.6 Å². The van der Waals surface area contributed by atoms with Crippen molar-refractivity contribution in [3.05, 3.63) is 58.6 Å². The first kappa shape index (κ1) is 13.7. The number of ether oxygens (including phenoxy) is 2. The summed E-state index contributed by atoms with van der Waals surface area (Å²) in [5.74, 6) is 1.52. The molecule has 19 heavy (non-hydrogen) atoms. The first-order chi connectivity index (χ1) is 9.24. The predicted octanol–water partition coefficient (Wildman–Crippen LogP) is 3.39. The van der Waals surface area contributed by atoms with Gasteiger partial charge < -0.3 is 15.2 Å². The largest absolute Gasteiger partial charge is 0.497 e. The van der Waals surface area contributed by atoms with E-state index in [4.69, 9.17) is 26.8 Å². The van der Waals surface area contributed by atoms with Crippen molar-refractivity contribution in [1.82, 2.24) is 0 Å². The number of nitrogens with two attached hydrogens (primary N) is 1. The van der Waals surface area contributed by atoms with Gasteiger partial charge in [0.2, 0.25) is 0 Å². The molecule has 2 aromatic carbocycles. The van der Waals surface area contributed by atoms with Crippen LogP contribution in [0.4, 0.5) is 0 Å². The minimum absolute atomic E-state index is 0.398. The number of hydrogen-bond acceptors (Lipinski definition) is 3. The van der Waals surface area contributed by atoms with Crippen molar-refractivity contribution in [3.8, 4) is 11.5 Å².